The fraction of sp³-hybridized carbons (Fsp3) is 0.417. The largest absolute Gasteiger partial charge is 0.352 e. The zero-order valence-corrected chi connectivity index (χ0v) is 17.5. The van der Waals surface area contributed by atoms with Crippen molar-refractivity contribution in [3.05, 3.63) is 65.5 Å². The van der Waals surface area contributed by atoms with Gasteiger partial charge in [0.05, 0.1) is 6.54 Å². The van der Waals surface area contributed by atoms with Gasteiger partial charge in [0.2, 0.25) is 5.91 Å². The lowest BCUT2D eigenvalue weighted by atomic mass is 9.93. The number of benzene rings is 2. The van der Waals surface area contributed by atoms with Crippen LogP contribution in [0.15, 0.2) is 48.5 Å². The lowest BCUT2D eigenvalue weighted by molar-refractivity contribution is -0.118. The highest BCUT2D eigenvalue weighted by atomic mass is 19.1. The Bertz CT molecular complexity index is 848. The van der Waals surface area contributed by atoms with E-state index in [-0.39, 0.29) is 24.2 Å². The molecule has 0 aromatic heterocycles. The number of halogens is 1. The van der Waals surface area contributed by atoms with E-state index >= 15 is 0 Å². The molecule has 6 heteroatoms. The highest BCUT2D eigenvalue weighted by Gasteiger charge is 2.23. The first-order valence-corrected chi connectivity index (χ1v) is 10.7. The molecular weight excluding hydrogens is 381 g/mol. The lowest BCUT2D eigenvalue weighted by Crippen LogP contribution is -2.41. The van der Waals surface area contributed by atoms with Crippen LogP contribution in [0.1, 0.15) is 54.9 Å². The molecule has 0 spiro atoms. The highest BCUT2D eigenvalue weighted by Crippen LogP contribution is 2.24. The molecule has 0 saturated heterocycles. The zero-order chi connectivity index (χ0) is 21.3. The lowest BCUT2D eigenvalue weighted by Gasteiger charge is -2.34. The molecule has 2 N–H and O–H groups in total. The summed E-state index contributed by atoms with van der Waals surface area (Å²) >= 11 is 0. The van der Waals surface area contributed by atoms with Gasteiger partial charge in [0.1, 0.15) is 5.82 Å². The van der Waals surface area contributed by atoms with E-state index in [1.807, 2.05) is 6.92 Å². The van der Waals surface area contributed by atoms with Gasteiger partial charge in [-0.25, -0.2) is 4.39 Å². The molecule has 1 aliphatic carbocycles. The predicted molar refractivity (Wildman–Crippen MR) is 117 cm³/mol. The highest BCUT2D eigenvalue weighted by molar-refractivity contribution is 5.97. The second kappa shape index (κ2) is 10.9. The molecule has 0 aliphatic heterocycles. The summed E-state index contributed by atoms with van der Waals surface area (Å²) < 4.78 is 13.3. The quantitative estimate of drug-likeness (QED) is 0.679. The summed E-state index contributed by atoms with van der Waals surface area (Å²) in [7, 11) is 0. The van der Waals surface area contributed by atoms with Crippen LogP contribution in [-0.2, 0) is 11.3 Å². The summed E-state index contributed by atoms with van der Waals surface area (Å²) in [5, 5.41) is 5.69. The smallest absolute Gasteiger partial charge is 0.251 e. The van der Waals surface area contributed by atoms with Crippen LogP contribution in [0.2, 0.25) is 0 Å². The van der Waals surface area contributed by atoms with Gasteiger partial charge in [-0.15, -0.1) is 0 Å². The minimum Gasteiger partial charge on any atom is -0.352 e. The van der Waals surface area contributed by atoms with E-state index in [0.717, 1.165) is 18.4 Å². The topological polar surface area (TPSA) is 61.4 Å². The van der Waals surface area contributed by atoms with Crippen LogP contribution >= 0.6 is 0 Å². The van der Waals surface area contributed by atoms with Crippen molar-refractivity contribution < 1.29 is 14.0 Å². The molecule has 1 saturated carbocycles. The number of hydrogen-bond donors (Lipinski definition) is 2. The molecule has 2 aromatic carbocycles. The molecule has 5 nitrogen and oxygen atoms in total. The molecule has 0 unspecified atom stereocenters. The Morgan fingerprint density at radius 3 is 2.50 bits per heavy atom. The monoisotopic (exact) mass is 411 g/mol. The van der Waals surface area contributed by atoms with E-state index in [2.05, 4.69) is 15.5 Å². The van der Waals surface area contributed by atoms with E-state index in [1.54, 1.807) is 36.4 Å². The van der Waals surface area contributed by atoms with Gasteiger partial charge in [0.25, 0.3) is 5.91 Å². The van der Waals surface area contributed by atoms with Crippen molar-refractivity contribution in [2.75, 3.05) is 18.4 Å². The number of carbonyl (C=O) groups is 2. The van der Waals surface area contributed by atoms with Crippen LogP contribution in [0.5, 0.6) is 0 Å². The molecule has 2 amide bonds. The van der Waals surface area contributed by atoms with E-state index < -0.39 is 0 Å². The second-order valence-corrected chi connectivity index (χ2v) is 7.81. The van der Waals surface area contributed by atoms with Gasteiger partial charge in [-0.3, -0.25) is 14.5 Å². The van der Waals surface area contributed by atoms with Crippen LogP contribution in [-0.4, -0.2) is 35.8 Å². The first kappa shape index (κ1) is 22.0. The summed E-state index contributed by atoms with van der Waals surface area (Å²) in [6, 6.07) is 13.8. The fourth-order valence-electron chi connectivity index (χ4n) is 3.97. The minimum atomic E-state index is -0.257. The first-order valence-electron chi connectivity index (χ1n) is 10.7. The van der Waals surface area contributed by atoms with Gasteiger partial charge < -0.3 is 10.6 Å². The van der Waals surface area contributed by atoms with Crippen LogP contribution in [0.3, 0.4) is 0 Å². The number of carbonyl (C=O) groups excluding carboxylic acids is 2. The van der Waals surface area contributed by atoms with Crippen molar-refractivity contribution in [1.82, 2.24) is 10.2 Å². The van der Waals surface area contributed by atoms with Crippen LogP contribution in [0.4, 0.5) is 10.1 Å². The number of rotatable bonds is 8. The summed E-state index contributed by atoms with van der Waals surface area (Å²) in [4.78, 5) is 27.0. The molecule has 1 fully saturated rings. The normalized spacial score (nSPS) is 14.5. The third kappa shape index (κ3) is 6.39. The van der Waals surface area contributed by atoms with Crippen LogP contribution < -0.4 is 10.6 Å². The van der Waals surface area contributed by atoms with Gasteiger partial charge in [-0.1, -0.05) is 37.5 Å². The molecule has 0 atom stereocenters. The van der Waals surface area contributed by atoms with Crippen LogP contribution in [0, 0.1) is 5.82 Å². The molecule has 160 valence electrons. The summed E-state index contributed by atoms with van der Waals surface area (Å²) in [5.41, 5.74) is 2.12. The fourth-order valence-corrected chi connectivity index (χ4v) is 3.97. The Labute approximate surface area is 177 Å². The number of anilines is 1. The Morgan fingerprint density at radius 2 is 1.80 bits per heavy atom. The van der Waals surface area contributed by atoms with Crippen molar-refractivity contribution in [1.29, 1.82) is 0 Å². The number of nitrogens with one attached hydrogen (secondary N) is 2. The number of amides is 2. The molecular formula is C24H30FN3O2. The van der Waals surface area contributed by atoms with E-state index in [0.29, 0.717) is 30.4 Å². The third-order valence-electron chi connectivity index (χ3n) is 5.48. The van der Waals surface area contributed by atoms with Gasteiger partial charge >= 0.3 is 0 Å². The summed E-state index contributed by atoms with van der Waals surface area (Å²) in [6.07, 6.45) is 5.71. The Hall–Kier alpha value is -2.73. The third-order valence-corrected chi connectivity index (χ3v) is 5.48. The second-order valence-electron chi connectivity index (χ2n) is 7.81. The van der Waals surface area contributed by atoms with Crippen molar-refractivity contribution in [2.24, 2.45) is 0 Å². The van der Waals surface area contributed by atoms with Crippen LogP contribution in [0.25, 0.3) is 0 Å². The Balaban J connectivity index is 1.67. The molecule has 30 heavy (non-hydrogen) atoms. The summed E-state index contributed by atoms with van der Waals surface area (Å²) in [5.74, 6) is -0.530. The van der Waals surface area contributed by atoms with Gasteiger partial charge in [0, 0.05) is 30.4 Å². The molecule has 0 heterocycles. The number of nitrogens with zero attached hydrogens (tertiary/aromatic N) is 1. The van der Waals surface area contributed by atoms with Crippen molar-refractivity contribution in [2.45, 2.75) is 51.6 Å². The minimum absolute atomic E-state index is 0.115. The van der Waals surface area contributed by atoms with Crippen molar-refractivity contribution >= 4 is 17.5 Å². The predicted octanol–water partition coefficient (Wildman–Crippen LogP) is 4.35. The molecule has 2 aromatic rings. The molecule has 1 aliphatic rings. The van der Waals surface area contributed by atoms with Gasteiger partial charge in [-0.2, -0.15) is 0 Å². The Morgan fingerprint density at radius 1 is 1.07 bits per heavy atom. The van der Waals surface area contributed by atoms with E-state index in [9.17, 15) is 14.0 Å². The maximum atomic E-state index is 13.3. The zero-order valence-electron chi connectivity index (χ0n) is 17.5. The number of hydrogen-bond acceptors (Lipinski definition) is 3. The maximum Gasteiger partial charge on any atom is 0.251 e. The standard InChI is InChI=1S/C24H30FN3O2/c1-2-26-24(30)19-7-6-8-21(15-19)27-23(29)17-28(22-9-4-3-5-10-22)16-18-11-13-20(25)14-12-18/h6-8,11-15,22H,2-5,9-10,16-17H2,1H3,(H,26,30)(H,27,29). The molecule has 0 radical (unpaired) electrons. The van der Waals surface area contributed by atoms with E-state index in [1.165, 1.54) is 31.4 Å². The average molecular weight is 412 g/mol. The van der Waals surface area contributed by atoms with E-state index in [4.69, 9.17) is 0 Å². The average Bonchev–Trinajstić information content (AvgIpc) is 2.76. The maximum absolute atomic E-state index is 13.3. The molecule has 3 rings (SSSR count). The first-order chi connectivity index (χ1) is 14.5. The Kier molecular flexibility index (Phi) is 7.97. The summed E-state index contributed by atoms with van der Waals surface area (Å²) in [6.45, 7) is 3.28. The molecule has 0 bridgehead atoms. The van der Waals surface area contributed by atoms with Crippen molar-refractivity contribution in [3.8, 4) is 0 Å². The van der Waals surface area contributed by atoms with Gasteiger partial charge in [-0.05, 0) is 55.7 Å². The van der Waals surface area contributed by atoms with Gasteiger partial charge in [0.15, 0.2) is 0 Å². The van der Waals surface area contributed by atoms with Crippen molar-refractivity contribution in [3.63, 3.8) is 0 Å². The SMILES string of the molecule is CCNC(=O)c1cccc(NC(=O)CN(Cc2ccc(F)cc2)C2CCCCC2)c1.